The van der Waals surface area contributed by atoms with E-state index in [0.717, 1.165) is 76.0 Å². The molecule has 1 amide bonds. The van der Waals surface area contributed by atoms with Crippen molar-refractivity contribution >= 4 is 17.5 Å². The van der Waals surface area contributed by atoms with Crippen molar-refractivity contribution in [2.24, 2.45) is 5.92 Å². The predicted molar refractivity (Wildman–Crippen MR) is 130 cm³/mol. The SMILES string of the molecule is O=C(C1CCC(Nc2ncc(F)c(-c3cccc(N4CCOCC4)c3)n2)CC1)N1CCCCC1. The molecule has 2 aliphatic heterocycles. The van der Waals surface area contributed by atoms with Gasteiger partial charge in [0.05, 0.1) is 19.4 Å². The largest absolute Gasteiger partial charge is 0.378 e. The van der Waals surface area contributed by atoms with Gasteiger partial charge in [-0.3, -0.25) is 4.79 Å². The first kappa shape index (κ1) is 23.0. The van der Waals surface area contributed by atoms with Gasteiger partial charge in [-0.25, -0.2) is 14.4 Å². The Morgan fingerprint density at radius 1 is 1.03 bits per heavy atom. The van der Waals surface area contributed by atoms with E-state index in [9.17, 15) is 9.18 Å². The molecule has 3 heterocycles. The molecule has 0 bridgehead atoms. The molecule has 1 aliphatic carbocycles. The number of morpholine rings is 1. The van der Waals surface area contributed by atoms with Gasteiger partial charge in [-0.15, -0.1) is 0 Å². The summed E-state index contributed by atoms with van der Waals surface area (Å²) < 4.78 is 20.1. The van der Waals surface area contributed by atoms with Crippen LogP contribution in [0.25, 0.3) is 11.3 Å². The van der Waals surface area contributed by atoms with Crippen LogP contribution in [-0.2, 0) is 9.53 Å². The normalized spacial score (nSPS) is 23.6. The third-order valence-corrected chi connectivity index (χ3v) is 7.32. The lowest BCUT2D eigenvalue weighted by atomic mass is 9.85. The van der Waals surface area contributed by atoms with Crippen molar-refractivity contribution in [3.63, 3.8) is 0 Å². The molecule has 0 unspecified atom stereocenters. The van der Waals surface area contributed by atoms with E-state index in [1.807, 2.05) is 24.3 Å². The summed E-state index contributed by atoms with van der Waals surface area (Å²) in [6, 6.07) is 8.05. The Labute approximate surface area is 200 Å². The van der Waals surface area contributed by atoms with Crippen molar-refractivity contribution in [2.45, 2.75) is 51.0 Å². The second-order valence-electron chi connectivity index (χ2n) is 9.62. The highest BCUT2D eigenvalue weighted by atomic mass is 19.1. The molecule has 1 N–H and O–H groups in total. The topological polar surface area (TPSA) is 70.6 Å². The lowest BCUT2D eigenvalue weighted by molar-refractivity contribution is -0.137. The maximum atomic E-state index is 14.7. The molecule has 7 nitrogen and oxygen atoms in total. The first-order valence-corrected chi connectivity index (χ1v) is 12.7. The summed E-state index contributed by atoms with van der Waals surface area (Å²) in [4.78, 5) is 25.9. The van der Waals surface area contributed by atoms with E-state index in [1.54, 1.807) is 0 Å². The molecular weight excluding hydrogens is 433 g/mol. The highest BCUT2D eigenvalue weighted by Gasteiger charge is 2.30. The van der Waals surface area contributed by atoms with Gasteiger partial charge in [-0.2, -0.15) is 0 Å². The molecule has 0 atom stereocenters. The Bertz CT molecular complexity index is 983. The second kappa shape index (κ2) is 10.7. The third kappa shape index (κ3) is 5.32. The standard InChI is InChI=1S/C26H34FN5O2/c27-23-18-28-26(29-21-9-7-19(8-10-21)25(33)32-11-2-1-3-12-32)30-24(23)20-5-4-6-22(17-20)31-13-15-34-16-14-31/h4-6,17-19,21H,1-3,7-16H2,(H,28,29,30). The summed E-state index contributed by atoms with van der Waals surface area (Å²) in [6.07, 6.45) is 8.28. The van der Waals surface area contributed by atoms with Crippen molar-refractivity contribution in [3.8, 4) is 11.3 Å². The number of aromatic nitrogens is 2. The maximum Gasteiger partial charge on any atom is 0.225 e. The first-order valence-electron chi connectivity index (χ1n) is 12.7. The zero-order valence-electron chi connectivity index (χ0n) is 19.7. The molecule has 8 heteroatoms. The number of carbonyl (C=O) groups is 1. The Morgan fingerprint density at radius 3 is 2.56 bits per heavy atom. The number of benzene rings is 1. The van der Waals surface area contributed by atoms with Gasteiger partial charge in [0.2, 0.25) is 11.9 Å². The van der Waals surface area contributed by atoms with Gasteiger partial charge in [-0.1, -0.05) is 12.1 Å². The second-order valence-corrected chi connectivity index (χ2v) is 9.62. The van der Waals surface area contributed by atoms with Crippen molar-refractivity contribution in [2.75, 3.05) is 49.6 Å². The zero-order chi connectivity index (χ0) is 23.3. The molecule has 182 valence electrons. The monoisotopic (exact) mass is 467 g/mol. The fourth-order valence-electron chi connectivity index (χ4n) is 5.35. The molecule has 5 rings (SSSR count). The predicted octanol–water partition coefficient (Wildman–Crippen LogP) is 4.10. The number of nitrogens with one attached hydrogen (secondary N) is 1. The zero-order valence-corrected chi connectivity index (χ0v) is 19.7. The minimum atomic E-state index is -0.430. The average molecular weight is 468 g/mol. The fraction of sp³-hybridized carbons (Fsp3) is 0.577. The van der Waals surface area contributed by atoms with E-state index in [0.29, 0.717) is 30.8 Å². The molecule has 34 heavy (non-hydrogen) atoms. The summed E-state index contributed by atoms with van der Waals surface area (Å²) >= 11 is 0. The number of piperidine rings is 1. The van der Waals surface area contributed by atoms with Crippen LogP contribution in [0.1, 0.15) is 44.9 Å². The van der Waals surface area contributed by atoms with Crippen LogP contribution in [0.5, 0.6) is 0 Å². The van der Waals surface area contributed by atoms with E-state index >= 15 is 0 Å². The molecule has 3 fully saturated rings. The number of rotatable bonds is 5. The van der Waals surface area contributed by atoms with E-state index in [2.05, 4.69) is 25.1 Å². The number of halogens is 1. The van der Waals surface area contributed by atoms with Crippen LogP contribution in [0, 0.1) is 11.7 Å². The molecule has 3 aliphatic rings. The smallest absolute Gasteiger partial charge is 0.225 e. The number of anilines is 2. The van der Waals surface area contributed by atoms with Crippen LogP contribution in [0.3, 0.4) is 0 Å². The number of ether oxygens (including phenoxy) is 1. The molecule has 2 saturated heterocycles. The molecule has 0 spiro atoms. The van der Waals surface area contributed by atoms with E-state index in [4.69, 9.17) is 4.74 Å². The van der Waals surface area contributed by atoms with Gasteiger partial charge in [-0.05, 0) is 57.1 Å². The van der Waals surface area contributed by atoms with Gasteiger partial charge in [0.15, 0.2) is 5.82 Å². The maximum absolute atomic E-state index is 14.7. The Kier molecular flexibility index (Phi) is 7.23. The Hall–Kier alpha value is -2.74. The minimum Gasteiger partial charge on any atom is -0.378 e. The molecular formula is C26H34FN5O2. The van der Waals surface area contributed by atoms with Crippen molar-refractivity contribution in [3.05, 3.63) is 36.3 Å². The summed E-state index contributed by atoms with van der Waals surface area (Å²) in [5, 5.41) is 3.39. The van der Waals surface area contributed by atoms with Crippen LogP contribution in [0.2, 0.25) is 0 Å². The summed E-state index contributed by atoms with van der Waals surface area (Å²) in [5.74, 6) is 0.474. The number of hydrogen-bond acceptors (Lipinski definition) is 6. The summed E-state index contributed by atoms with van der Waals surface area (Å²) in [6.45, 7) is 4.88. The highest BCUT2D eigenvalue weighted by Crippen LogP contribution is 2.30. The highest BCUT2D eigenvalue weighted by molar-refractivity contribution is 5.79. The quantitative estimate of drug-likeness (QED) is 0.714. The van der Waals surface area contributed by atoms with Crippen LogP contribution in [0.4, 0.5) is 16.0 Å². The average Bonchev–Trinajstić information content (AvgIpc) is 2.91. The van der Waals surface area contributed by atoms with Gasteiger partial charge >= 0.3 is 0 Å². The molecule has 1 aromatic carbocycles. The van der Waals surface area contributed by atoms with E-state index in [1.165, 1.54) is 12.6 Å². The van der Waals surface area contributed by atoms with E-state index < -0.39 is 5.82 Å². The molecule has 1 aromatic heterocycles. The molecule has 2 aromatic rings. The number of likely N-dealkylation sites (tertiary alicyclic amines) is 1. The fourth-order valence-corrected chi connectivity index (χ4v) is 5.35. The number of nitrogens with zero attached hydrogens (tertiary/aromatic N) is 4. The van der Waals surface area contributed by atoms with E-state index in [-0.39, 0.29) is 12.0 Å². The number of hydrogen-bond donors (Lipinski definition) is 1. The van der Waals surface area contributed by atoms with Gasteiger partial charge in [0.1, 0.15) is 5.69 Å². The molecule has 1 saturated carbocycles. The van der Waals surface area contributed by atoms with Crippen LogP contribution < -0.4 is 10.2 Å². The third-order valence-electron chi connectivity index (χ3n) is 7.32. The van der Waals surface area contributed by atoms with Gasteiger partial charge in [0.25, 0.3) is 0 Å². The summed E-state index contributed by atoms with van der Waals surface area (Å²) in [7, 11) is 0. The number of amides is 1. The number of carbonyl (C=O) groups excluding carboxylic acids is 1. The van der Waals surface area contributed by atoms with Gasteiger partial charge in [0, 0.05) is 49.4 Å². The lowest BCUT2D eigenvalue weighted by Crippen LogP contribution is -2.41. The minimum absolute atomic E-state index is 0.128. The van der Waals surface area contributed by atoms with Crippen molar-refractivity contribution in [1.82, 2.24) is 14.9 Å². The summed E-state index contributed by atoms with van der Waals surface area (Å²) in [5.41, 5.74) is 2.09. The Balaban J connectivity index is 1.22. The van der Waals surface area contributed by atoms with Crippen LogP contribution in [0.15, 0.2) is 30.5 Å². The van der Waals surface area contributed by atoms with Crippen LogP contribution in [-0.4, -0.2) is 66.2 Å². The van der Waals surface area contributed by atoms with Crippen molar-refractivity contribution < 1.29 is 13.9 Å². The molecule has 0 radical (unpaired) electrons. The lowest BCUT2D eigenvalue weighted by Gasteiger charge is -2.34. The first-order chi connectivity index (χ1) is 16.7. The van der Waals surface area contributed by atoms with Gasteiger partial charge < -0.3 is 19.9 Å². The van der Waals surface area contributed by atoms with Crippen LogP contribution >= 0.6 is 0 Å². The Morgan fingerprint density at radius 2 is 1.79 bits per heavy atom. The van der Waals surface area contributed by atoms with Crippen molar-refractivity contribution in [1.29, 1.82) is 0 Å².